The van der Waals surface area contributed by atoms with Gasteiger partial charge in [-0.2, -0.15) is 0 Å². The number of Topliss-reactive ketones (excluding diaryl/α,β-unsaturated/α-hetero) is 1. The van der Waals surface area contributed by atoms with Gasteiger partial charge in [-0.1, -0.05) is 13.8 Å². The van der Waals surface area contributed by atoms with E-state index in [1.807, 2.05) is 6.92 Å². The number of unbranched alkanes of at least 4 members (excludes halogenated alkanes) is 1. The van der Waals surface area contributed by atoms with Crippen molar-refractivity contribution in [2.24, 2.45) is 0 Å². The van der Waals surface area contributed by atoms with E-state index in [-0.39, 0.29) is 87.1 Å². The summed E-state index contributed by atoms with van der Waals surface area (Å²) >= 11 is 0. The number of aromatic nitrogens is 2. The van der Waals surface area contributed by atoms with E-state index in [0.29, 0.717) is 61.1 Å². The summed E-state index contributed by atoms with van der Waals surface area (Å²) in [5.41, 5.74) is 2.20. The number of cyclic esters (lactones) is 1. The predicted molar refractivity (Wildman–Crippen MR) is 194 cm³/mol. The highest BCUT2D eigenvalue weighted by Crippen LogP contribution is 2.46. The molecular formula is C39H49FN4O10. The summed E-state index contributed by atoms with van der Waals surface area (Å²) < 4.78 is 38.2. The molecule has 0 bridgehead atoms. The van der Waals surface area contributed by atoms with E-state index >= 15 is 4.39 Å². The molecule has 14 nitrogen and oxygen atoms in total. The summed E-state index contributed by atoms with van der Waals surface area (Å²) in [5, 5.41) is 27.6. The molecule has 15 heteroatoms. The predicted octanol–water partition coefficient (Wildman–Crippen LogP) is 2.74. The fourth-order valence-corrected chi connectivity index (χ4v) is 7.69. The van der Waals surface area contributed by atoms with Crippen LogP contribution in [0.5, 0.6) is 0 Å². The molecule has 4 atom stereocenters. The number of methoxy groups -OCH3 is 1. The van der Waals surface area contributed by atoms with Gasteiger partial charge in [0.25, 0.3) is 5.56 Å². The topological polar surface area (TPSA) is 188 Å². The Morgan fingerprint density at radius 1 is 1.19 bits per heavy atom. The minimum absolute atomic E-state index is 0.00870. The average Bonchev–Trinajstić information content (AvgIpc) is 3.54. The lowest BCUT2D eigenvalue weighted by atomic mass is 9.81. The normalized spacial score (nSPS) is 19.5. The Balaban J connectivity index is 1.10. The Bertz CT molecular complexity index is 2000. The van der Waals surface area contributed by atoms with Gasteiger partial charge in [-0.05, 0) is 74.8 Å². The van der Waals surface area contributed by atoms with Crippen LogP contribution in [0.3, 0.4) is 0 Å². The monoisotopic (exact) mass is 752 g/mol. The number of fused-ring (bicyclic) bond motifs is 5. The molecule has 0 saturated carbocycles. The molecule has 54 heavy (non-hydrogen) atoms. The molecule has 0 fully saturated rings. The number of ether oxygens (including phenoxy) is 4. The molecule has 1 aliphatic carbocycles. The Morgan fingerprint density at radius 2 is 1.98 bits per heavy atom. The highest BCUT2D eigenvalue weighted by Gasteiger charge is 2.46. The largest absolute Gasteiger partial charge is 0.458 e. The van der Waals surface area contributed by atoms with Gasteiger partial charge in [0.05, 0.1) is 60.9 Å². The highest BCUT2D eigenvalue weighted by molar-refractivity contribution is 5.94. The number of pyridine rings is 2. The van der Waals surface area contributed by atoms with Crippen molar-refractivity contribution in [3.63, 3.8) is 0 Å². The number of benzene rings is 1. The van der Waals surface area contributed by atoms with Crippen molar-refractivity contribution in [2.75, 3.05) is 40.0 Å². The zero-order chi connectivity index (χ0) is 38.7. The van der Waals surface area contributed by atoms with Gasteiger partial charge in [0.15, 0.2) is 17.7 Å². The summed E-state index contributed by atoms with van der Waals surface area (Å²) in [5.74, 6) is -1.50. The lowest BCUT2D eigenvalue weighted by Crippen LogP contribution is -2.44. The Kier molecular flexibility index (Phi) is 12.2. The van der Waals surface area contributed by atoms with Crippen molar-refractivity contribution < 1.29 is 47.9 Å². The maximum absolute atomic E-state index is 15.2. The Morgan fingerprint density at radius 3 is 2.70 bits per heavy atom. The SMILES string of the molecule is CCC(CO)OC(COCC(=O)CNCCCCC(=O)N[C@H]1CCc2c(C)c(F)cc3nc4c(c1c23)Cn1c-4cc2c(c1=O)COC(=O)[C@]2(O)CC)OC. The molecule has 0 spiro atoms. The van der Waals surface area contributed by atoms with Gasteiger partial charge >= 0.3 is 5.97 Å². The van der Waals surface area contributed by atoms with E-state index in [9.17, 15) is 29.4 Å². The third-order valence-electron chi connectivity index (χ3n) is 10.8. The maximum Gasteiger partial charge on any atom is 0.343 e. The van der Waals surface area contributed by atoms with Crippen LogP contribution >= 0.6 is 0 Å². The third-order valence-corrected chi connectivity index (χ3v) is 10.8. The standard InChI is InChI=1S/C39H49FN4O10/c1-5-23(17-45)54-33(51-4)20-52-18-22(46)15-41-12-8-7-9-32(47)42-29-11-10-24-21(3)28(40)14-30-34(24)35(29)25-16-44-31(36(25)43-30)13-27-26(37(44)48)19-53-38(49)39(27,50)6-2/h13-14,23,29,33,41,45,50H,5-12,15-20H2,1-4H3,(H,42,47)/t23?,29-,33?,39-/m0/s1. The zero-order valence-electron chi connectivity index (χ0n) is 31.2. The zero-order valence-corrected chi connectivity index (χ0v) is 31.2. The first-order valence-corrected chi connectivity index (χ1v) is 18.7. The number of aryl methyl sites for hydroxylation is 1. The number of aliphatic hydroxyl groups is 2. The van der Waals surface area contributed by atoms with E-state index < -0.39 is 29.5 Å². The van der Waals surface area contributed by atoms with Gasteiger partial charge in [0, 0.05) is 36.1 Å². The Hall–Kier alpha value is -4.12. The molecular weight excluding hydrogens is 703 g/mol. The van der Waals surface area contributed by atoms with E-state index in [0.717, 1.165) is 22.1 Å². The molecule has 2 aromatic heterocycles. The van der Waals surface area contributed by atoms with Crippen molar-refractivity contribution in [1.82, 2.24) is 20.2 Å². The van der Waals surface area contributed by atoms with Crippen LogP contribution in [0, 0.1) is 12.7 Å². The van der Waals surface area contributed by atoms with Crippen LogP contribution in [0.25, 0.3) is 22.3 Å². The minimum atomic E-state index is -1.98. The summed E-state index contributed by atoms with van der Waals surface area (Å²) in [7, 11) is 1.47. The van der Waals surface area contributed by atoms with Crippen LogP contribution in [-0.4, -0.2) is 89.8 Å². The maximum atomic E-state index is 15.2. The number of amides is 1. The van der Waals surface area contributed by atoms with Crippen molar-refractivity contribution >= 4 is 28.6 Å². The molecule has 4 heterocycles. The number of aliphatic hydroxyl groups excluding tert-OH is 1. The molecule has 292 valence electrons. The Labute approximate surface area is 312 Å². The lowest BCUT2D eigenvalue weighted by molar-refractivity contribution is -0.190. The third kappa shape index (κ3) is 7.57. The van der Waals surface area contributed by atoms with Crippen LogP contribution < -0.4 is 16.2 Å². The number of ketones is 1. The van der Waals surface area contributed by atoms with Crippen molar-refractivity contribution in [1.29, 1.82) is 0 Å². The number of halogens is 1. The lowest BCUT2D eigenvalue weighted by Gasteiger charge is -2.31. The number of nitrogens with zero attached hydrogens (tertiary/aromatic N) is 2. The van der Waals surface area contributed by atoms with Crippen LogP contribution in [0.15, 0.2) is 16.9 Å². The molecule has 3 aliphatic rings. The summed E-state index contributed by atoms with van der Waals surface area (Å²) in [6.45, 7) is 5.60. The molecule has 1 aromatic carbocycles. The minimum Gasteiger partial charge on any atom is -0.458 e. The van der Waals surface area contributed by atoms with Crippen LogP contribution in [0.1, 0.15) is 91.8 Å². The second kappa shape index (κ2) is 16.7. The molecule has 0 saturated heterocycles. The van der Waals surface area contributed by atoms with E-state index in [2.05, 4.69) is 10.6 Å². The van der Waals surface area contributed by atoms with E-state index in [1.54, 1.807) is 24.5 Å². The fraction of sp³-hybridized carbons (Fsp3) is 0.564. The van der Waals surface area contributed by atoms with Gasteiger partial charge in [0.2, 0.25) is 5.91 Å². The van der Waals surface area contributed by atoms with E-state index in [4.69, 9.17) is 23.9 Å². The number of rotatable bonds is 18. The first kappa shape index (κ1) is 39.6. The average molecular weight is 753 g/mol. The van der Waals surface area contributed by atoms with Crippen LogP contribution in [0.4, 0.5) is 4.39 Å². The molecule has 2 aliphatic heterocycles. The van der Waals surface area contributed by atoms with Crippen molar-refractivity contribution in [3.8, 4) is 11.4 Å². The first-order valence-electron chi connectivity index (χ1n) is 18.7. The number of hydrogen-bond donors (Lipinski definition) is 4. The number of carbonyl (C=O) groups is 3. The number of carbonyl (C=O) groups excluding carboxylic acids is 3. The smallest absolute Gasteiger partial charge is 0.343 e. The fourth-order valence-electron chi connectivity index (χ4n) is 7.69. The number of nitrogens with one attached hydrogen (secondary N) is 2. The van der Waals surface area contributed by atoms with Crippen molar-refractivity contribution in [2.45, 2.75) is 103 Å². The summed E-state index contributed by atoms with van der Waals surface area (Å²) in [6, 6.07) is 2.60. The summed E-state index contributed by atoms with van der Waals surface area (Å²) in [6.07, 6.45) is 2.11. The molecule has 2 unspecified atom stereocenters. The molecule has 3 aromatic rings. The molecule has 0 radical (unpaired) electrons. The highest BCUT2D eigenvalue weighted by atomic mass is 19.1. The number of hydrogen-bond acceptors (Lipinski definition) is 12. The van der Waals surface area contributed by atoms with Gasteiger partial charge in [-0.3, -0.25) is 14.4 Å². The molecule has 4 N–H and O–H groups in total. The van der Waals surface area contributed by atoms with Gasteiger partial charge in [0.1, 0.15) is 19.0 Å². The van der Waals surface area contributed by atoms with Crippen molar-refractivity contribution in [3.05, 3.63) is 61.7 Å². The van der Waals surface area contributed by atoms with E-state index in [1.165, 1.54) is 13.2 Å². The molecule has 6 rings (SSSR count). The number of esters is 1. The molecule has 1 amide bonds. The van der Waals surface area contributed by atoms with Crippen LogP contribution in [-0.2, 0) is 58.5 Å². The quantitative estimate of drug-likeness (QED) is 0.0663. The second-order valence-electron chi connectivity index (χ2n) is 14.2. The first-order chi connectivity index (χ1) is 25.9. The second-order valence-corrected chi connectivity index (χ2v) is 14.2. The summed E-state index contributed by atoms with van der Waals surface area (Å²) in [4.78, 5) is 57.0. The van der Waals surface area contributed by atoms with Gasteiger partial charge in [-0.15, -0.1) is 0 Å². The van der Waals surface area contributed by atoms with Crippen LogP contribution in [0.2, 0.25) is 0 Å². The van der Waals surface area contributed by atoms with Gasteiger partial charge in [-0.25, -0.2) is 14.2 Å². The van der Waals surface area contributed by atoms with Gasteiger partial charge < -0.3 is 44.4 Å².